The van der Waals surface area contributed by atoms with Gasteiger partial charge in [-0.3, -0.25) is 0 Å². The summed E-state index contributed by atoms with van der Waals surface area (Å²) in [5.41, 5.74) is 2.66. The molecule has 0 amide bonds. The van der Waals surface area contributed by atoms with Crippen molar-refractivity contribution in [3.63, 3.8) is 0 Å². The molecule has 1 fully saturated rings. The van der Waals surface area contributed by atoms with Crippen molar-refractivity contribution >= 4 is 0 Å². The Morgan fingerprint density at radius 1 is 0.941 bits per heavy atom. The Bertz CT molecular complexity index is 244. The van der Waals surface area contributed by atoms with Crippen LogP contribution in [0.15, 0.2) is 24.3 Å². The van der Waals surface area contributed by atoms with Crippen LogP contribution in [0.4, 0.5) is 0 Å². The molecule has 2 rings (SSSR count). The third-order valence-electron chi connectivity index (χ3n) is 2.45. The maximum atomic E-state index is 8.28. The third-order valence-corrected chi connectivity index (χ3v) is 2.45. The molecule has 0 spiro atoms. The van der Waals surface area contributed by atoms with E-state index >= 15 is 0 Å². The average Bonchev–Trinajstić information content (AvgIpc) is 3.09. The molecule has 98 valence electrons. The van der Waals surface area contributed by atoms with Gasteiger partial charge in [0.1, 0.15) is 6.79 Å². The molecule has 0 bridgehead atoms. The van der Waals surface area contributed by atoms with Crippen molar-refractivity contribution in [3.8, 4) is 0 Å². The Kier molecular flexibility index (Phi) is 9.72. The van der Waals surface area contributed by atoms with Crippen LogP contribution < -0.4 is 0 Å². The Morgan fingerprint density at radius 3 is 1.47 bits per heavy atom. The lowest BCUT2D eigenvalue weighted by Crippen LogP contribution is -1.80. The zero-order valence-corrected chi connectivity index (χ0v) is 10.8. The SMILES string of the molecule is Cc1ccc(C)cc1.OCCC1CC1.OCO. The van der Waals surface area contributed by atoms with Gasteiger partial charge in [-0.15, -0.1) is 0 Å². The van der Waals surface area contributed by atoms with Crippen molar-refractivity contribution in [2.75, 3.05) is 13.4 Å². The van der Waals surface area contributed by atoms with Gasteiger partial charge < -0.3 is 15.3 Å². The molecule has 3 nitrogen and oxygen atoms in total. The largest absolute Gasteiger partial charge is 0.396 e. The van der Waals surface area contributed by atoms with Gasteiger partial charge in [-0.2, -0.15) is 0 Å². The van der Waals surface area contributed by atoms with Gasteiger partial charge in [-0.25, -0.2) is 0 Å². The molecular weight excluding hydrogens is 216 g/mol. The van der Waals surface area contributed by atoms with E-state index in [1.54, 1.807) is 0 Å². The van der Waals surface area contributed by atoms with Crippen LogP contribution in [0.25, 0.3) is 0 Å². The van der Waals surface area contributed by atoms with Crippen LogP contribution in [0.2, 0.25) is 0 Å². The van der Waals surface area contributed by atoms with Crippen LogP contribution in [0, 0.1) is 19.8 Å². The number of aliphatic hydroxyl groups excluding tert-OH is 2. The standard InChI is InChI=1S/C8H10.C5H10O.CH4O2/c1-7-3-5-8(2)6-4-7;6-4-3-5-1-2-5;2-1-3/h3-6H,1-2H3;5-6H,1-4H2;2-3H,1H2. The summed E-state index contributed by atoms with van der Waals surface area (Å²) in [6, 6.07) is 8.48. The van der Waals surface area contributed by atoms with Gasteiger partial charge in [0, 0.05) is 6.61 Å². The molecule has 3 N–H and O–H groups in total. The summed E-state index contributed by atoms with van der Waals surface area (Å²) in [4.78, 5) is 0. The predicted octanol–water partition coefficient (Wildman–Crippen LogP) is 2.01. The monoisotopic (exact) mass is 240 g/mol. The number of aryl methyl sites for hydroxylation is 2. The third kappa shape index (κ3) is 11.4. The summed E-state index contributed by atoms with van der Waals surface area (Å²) in [6.45, 7) is 3.84. The van der Waals surface area contributed by atoms with Gasteiger partial charge >= 0.3 is 0 Å². The molecule has 1 aliphatic rings. The zero-order valence-electron chi connectivity index (χ0n) is 10.8. The van der Waals surface area contributed by atoms with Crippen molar-refractivity contribution in [2.24, 2.45) is 5.92 Å². The molecule has 0 radical (unpaired) electrons. The fraction of sp³-hybridized carbons (Fsp3) is 0.571. The molecule has 0 saturated heterocycles. The smallest absolute Gasteiger partial charge is 0.140 e. The molecule has 3 heteroatoms. The topological polar surface area (TPSA) is 60.7 Å². The summed E-state index contributed by atoms with van der Waals surface area (Å²) < 4.78 is 0. The Morgan fingerprint density at radius 2 is 1.29 bits per heavy atom. The minimum Gasteiger partial charge on any atom is -0.396 e. The molecule has 0 atom stereocenters. The van der Waals surface area contributed by atoms with E-state index in [1.165, 1.54) is 24.0 Å². The van der Waals surface area contributed by atoms with Gasteiger partial charge in [0.25, 0.3) is 0 Å². The molecule has 1 aromatic rings. The zero-order chi connectivity index (χ0) is 13.1. The van der Waals surface area contributed by atoms with E-state index in [1.807, 2.05) is 0 Å². The molecule has 1 aliphatic carbocycles. The average molecular weight is 240 g/mol. The van der Waals surface area contributed by atoms with E-state index in [2.05, 4.69) is 38.1 Å². The highest BCUT2D eigenvalue weighted by molar-refractivity contribution is 5.19. The first-order valence-corrected chi connectivity index (χ1v) is 5.99. The molecule has 1 aromatic carbocycles. The van der Waals surface area contributed by atoms with Crippen LogP contribution in [0.3, 0.4) is 0 Å². The second-order valence-electron chi connectivity index (χ2n) is 4.25. The maximum Gasteiger partial charge on any atom is 0.140 e. The maximum absolute atomic E-state index is 8.28. The van der Waals surface area contributed by atoms with Crippen LogP contribution in [0.1, 0.15) is 30.4 Å². The van der Waals surface area contributed by atoms with Crippen molar-refractivity contribution in [1.82, 2.24) is 0 Å². The van der Waals surface area contributed by atoms with E-state index in [9.17, 15) is 0 Å². The summed E-state index contributed by atoms with van der Waals surface area (Å²) in [7, 11) is 0. The second kappa shape index (κ2) is 10.3. The highest BCUT2D eigenvalue weighted by Gasteiger charge is 2.19. The van der Waals surface area contributed by atoms with Gasteiger partial charge in [0.2, 0.25) is 0 Å². The lowest BCUT2D eigenvalue weighted by Gasteiger charge is -1.90. The van der Waals surface area contributed by atoms with Crippen LogP contribution in [-0.2, 0) is 0 Å². The lowest BCUT2D eigenvalue weighted by molar-refractivity contribution is 0.0773. The minimum absolute atomic E-state index is 0.394. The number of hydrogen-bond donors (Lipinski definition) is 3. The molecule has 17 heavy (non-hydrogen) atoms. The van der Waals surface area contributed by atoms with E-state index < -0.39 is 6.79 Å². The van der Waals surface area contributed by atoms with Crippen molar-refractivity contribution in [1.29, 1.82) is 0 Å². The molecular formula is C14H24O3. The van der Waals surface area contributed by atoms with Crippen molar-refractivity contribution < 1.29 is 15.3 Å². The molecule has 0 aliphatic heterocycles. The van der Waals surface area contributed by atoms with Crippen LogP contribution in [0.5, 0.6) is 0 Å². The first-order chi connectivity index (χ1) is 8.13. The quantitative estimate of drug-likeness (QED) is 0.693. The van der Waals surface area contributed by atoms with Gasteiger partial charge in [0.15, 0.2) is 0 Å². The second-order valence-corrected chi connectivity index (χ2v) is 4.25. The van der Waals surface area contributed by atoms with Gasteiger partial charge in [-0.1, -0.05) is 48.2 Å². The molecule has 0 unspecified atom stereocenters. The number of benzene rings is 1. The summed E-state index contributed by atoms with van der Waals surface area (Å²) in [5.74, 6) is 0.898. The number of aliphatic hydroxyl groups is 3. The van der Waals surface area contributed by atoms with E-state index in [0.717, 1.165) is 12.3 Å². The van der Waals surface area contributed by atoms with Gasteiger partial charge in [0.05, 0.1) is 0 Å². The first-order valence-electron chi connectivity index (χ1n) is 5.99. The predicted molar refractivity (Wildman–Crippen MR) is 69.6 cm³/mol. The van der Waals surface area contributed by atoms with E-state index in [4.69, 9.17) is 15.3 Å². The summed E-state index contributed by atoms with van der Waals surface area (Å²) >= 11 is 0. The Balaban J connectivity index is 0.000000252. The normalized spacial score (nSPS) is 13.0. The molecule has 0 heterocycles. The highest BCUT2D eigenvalue weighted by atomic mass is 16.5. The highest BCUT2D eigenvalue weighted by Crippen LogP contribution is 2.31. The first kappa shape index (κ1) is 16.1. The Hall–Kier alpha value is -0.900. The number of rotatable bonds is 2. The van der Waals surface area contributed by atoms with Crippen LogP contribution >= 0.6 is 0 Å². The van der Waals surface area contributed by atoms with Gasteiger partial charge in [-0.05, 0) is 26.2 Å². The molecule has 0 aromatic heterocycles. The fourth-order valence-corrected chi connectivity index (χ4v) is 1.23. The summed E-state index contributed by atoms with van der Waals surface area (Å²) in [6.07, 6.45) is 3.76. The Labute approximate surface area is 104 Å². The lowest BCUT2D eigenvalue weighted by atomic mass is 10.2. The van der Waals surface area contributed by atoms with Crippen molar-refractivity contribution in [3.05, 3.63) is 35.4 Å². The van der Waals surface area contributed by atoms with E-state index in [-0.39, 0.29) is 0 Å². The minimum atomic E-state index is -0.750. The molecule has 1 saturated carbocycles. The number of hydrogen-bond acceptors (Lipinski definition) is 3. The summed E-state index contributed by atoms with van der Waals surface area (Å²) in [5, 5.41) is 22.5. The van der Waals surface area contributed by atoms with Crippen LogP contribution in [-0.4, -0.2) is 28.7 Å². The fourth-order valence-electron chi connectivity index (χ4n) is 1.23. The van der Waals surface area contributed by atoms with Crippen molar-refractivity contribution in [2.45, 2.75) is 33.1 Å². The van der Waals surface area contributed by atoms with E-state index in [0.29, 0.717) is 6.61 Å².